The fourth-order valence-corrected chi connectivity index (χ4v) is 1.82. The first-order chi connectivity index (χ1) is 8.92. The Balaban J connectivity index is 2.53. The highest BCUT2D eigenvalue weighted by atomic mass is 16.2. The first-order valence-electron chi connectivity index (χ1n) is 6.23. The summed E-state index contributed by atoms with van der Waals surface area (Å²) in [6.07, 6.45) is 0.275. The Morgan fingerprint density at radius 3 is 2.26 bits per heavy atom. The fraction of sp³-hybridized carbons (Fsp3) is 0.429. The van der Waals surface area contributed by atoms with Gasteiger partial charge in [-0.3, -0.25) is 10.1 Å². The van der Waals surface area contributed by atoms with Crippen LogP contribution in [0.25, 0.3) is 0 Å². The van der Waals surface area contributed by atoms with Crippen molar-refractivity contribution >= 4 is 17.6 Å². The van der Waals surface area contributed by atoms with Crippen LogP contribution < -0.4 is 15.5 Å². The normalized spacial score (nSPS) is 9.89. The lowest BCUT2D eigenvalue weighted by atomic mass is 10.1. The molecule has 1 rings (SSSR count). The molecule has 1 aromatic rings. The van der Waals surface area contributed by atoms with Gasteiger partial charge in [0.05, 0.1) is 0 Å². The highest BCUT2D eigenvalue weighted by Crippen LogP contribution is 2.17. The van der Waals surface area contributed by atoms with Crippen molar-refractivity contribution in [3.63, 3.8) is 0 Å². The Bertz CT molecular complexity index is 452. The predicted molar refractivity (Wildman–Crippen MR) is 76.4 cm³/mol. The highest BCUT2D eigenvalue weighted by molar-refractivity contribution is 5.94. The molecule has 1 aromatic carbocycles. The number of rotatable bonds is 4. The van der Waals surface area contributed by atoms with Gasteiger partial charge in [-0.2, -0.15) is 0 Å². The van der Waals surface area contributed by atoms with E-state index in [2.05, 4.69) is 28.8 Å². The molecule has 0 atom stereocenters. The summed E-state index contributed by atoms with van der Waals surface area (Å²) >= 11 is 0. The van der Waals surface area contributed by atoms with E-state index in [0.717, 1.165) is 5.69 Å². The molecule has 2 N–H and O–H groups in total. The quantitative estimate of drug-likeness (QED) is 0.867. The Morgan fingerprint density at radius 1 is 1.16 bits per heavy atom. The van der Waals surface area contributed by atoms with E-state index in [1.165, 1.54) is 18.2 Å². The van der Waals surface area contributed by atoms with Gasteiger partial charge in [0.25, 0.3) is 0 Å². The van der Waals surface area contributed by atoms with Gasteiger partial charge in [-0.15, -0.1) is 0 Å². The Morgan fingerprint density at radius 2 is 1.74 bits per heavy atom. The number of carbonyl (C=O) groups is 2. The highest BCUT2D eigenvalue weighted by Gasteiger charge is 2.08. The molecule has 0 aliphatic rings. The molecular formula is C14H21N3O2. The van der Waals surface area contributed by atoms with Gasteiger partial charge in [0.1, 0.15) is 0 Å². The van der Waals surface area contributed by atoms with Crippen molar-refractivity contribution < 1.29 is 9.59 Å². The lowest BCUT2D eigenvalue weighted by Gasteiger charge is -2.20. The Hall–Kier alpha value is -2.04. The average molecular weight is 263 g/mol. The Labute approximate surface area is 114 Å². The molecule has 0 aliphatic heterocycles. The summed E-state index contributed by atoms with van der Waals surface area (Å²) in [5.41, 5.74) is 3.46. The van der Waals surface area contributed by atoms with Crippen LogP contribution in [0.3, 0.4) is 0 Å². The number of hydrogen-bond donors (Lipinski definition) is 2. The largest absolute Gasteiger partial charge is 0.374 e. The third-order valence-corrected chi connectivity index (χ3v) is 2.80. The van der Waals surface area contributed by atoms with Crippen molar-refractivity contribution in [2.75, 3.05) is 25.5 Å². The van der Waals surface area contributed by atoms with E-state index in [1.807, 2.05) is 25.8 Å². The van der Waals surface area contributed by atoms with Crippen LogP contribution in [-0.4, -0.2) is 32.6 Å². The van der Waals surface area contributed by atoms with Crippen LogP contribution >= 0.6 is 0 Å². The summed E-state index contributed by atoms with van der Waals surface area (Å²) in [6.45, 7) is 4.65. The SMILES string of the molecule is CNC(=O)NC(=O)CCN(C)c1cc(C)cc(C)c1. The molecule has 5 heteroatoms. The van der Waals surface area contributed by atoms with Gasteiger partial charge < -0.3 is 10.2 Å². The van der Waals surface area contributed by atoms with Crippen molar-refractivity contribution in [1.29, 1.82) is 0 Å². The van der Waals surface area contributed by atoms with Gasteiger partial charge in [-0.25, -0.2) is 4.79 Å². The third-order valence-electron chi connectivity index (χ3n) is 2.80. The number of benzene rings is 1. The molecule has 5 nitrogen and oxygen atoms in total. The Kier molecular flexibility index (Phi) is 5.36. The van der Waals surface area contributed by atoms with Crippen molar-refractivity contribution in [3.05, 3.63) is 29.3 Å². The van der Waals surface area contributed by atoms with Crippen LogP contribution in [0.5, 0.6) is 0 Å². The van der Waals surface area contributed by atoms with Gasteiger partial charge >= 0.3 is 6.03 Å². The van der Waals surface area contributed by atoms with E-state index in [4.69, 9.17) is 0 Å². The molecule has 0 saturated heterocycles. The first kappa shape index (κ1) is 15.0. The molecule has 0 saturated carbocycles. The van der Waals surface area contributed by atoms with Gasteiger partial charge in [-0.05, 0) is 37.1 Å². The maximum atomic E-state index is 11.5. The summed E-state index contributed by atoms with van der Waals surface area (Å²) in [6, 6.07) is 5.78. The topological polar surface area (TPSA) is 61.4 Å². The fourth-order valence-electron chi connectivity index (χ4n) is 1.82. The molecule has 0 heterocycles. The van der Waals surface area contributed by atoms with Crippen molar-refractivity contribution in [2.24, 2.45) is 0 Å². The predicted octanol–water partition coefficient (Wildman–Crippen LogP) is 1.59. The van der Waals surface area contributed by atoms with E-state index < -0.39 is 6.03 Å². The molecule has 0 spiro atoms. The summed E-state index contributed by atoms with van der Waals surface area (Å²) in [4.78, 5) is 24.5. The zero-order chi connectivity index (χ0) is 14.4. The molecule has 19 heavy (non-hydrogen) atoms. The van der Waals surface area contributed by atoms with Crippen molar-refractivity contribution in [2.45, 2.75) is 20.3 Å². The second-order valence-corrected chi connectivity index (χ2v) is 4.64. The standard InChI is InChI=1S/C14H21N3O2/c1-10-7-11(2)9-12(8-10)17(4)6-5-13(18)16-14(19)15-3/h7-9H,5-6H2,1-4H3,(H2,15,16,18,19). The minimum atomic E-state index is -0.473. The molecule has 0 unspecified atom stereocenters. The minimum Gasteiger partial charge on any atom is -0.374 e. The smallest absolute Gasteiger partial charge is 0.321 e. The van der Waals surface area contributed by atoms with Gasteiger partial charge in [0.2, 0.25) is 5.91 Å². The van der Waals surface area contributed by atoms with E-state index in [9.17, 15) is 9.59 Å². The average Bonchev–Trinajstić information content (AvgIpc) is 2.34. The summed E-state index contributed by atoms with van der Waals surface area (Å²) in [5.74, 6) is -0.282. The lowest BCUT2D eigenvalue weighted by Crippen LogP contribution is -2.38. The van der Waals surface area contributed by atoms with E-state index in [-0.39, 0.29) is 12.3 Å². The summed E-state index contributed by atoms with van der Waals surface area (Å²) in [7, 11) is 3.41. The molecule has 0 bridgehead atoms. The van der Waals surface area contributed by atoms with Crippen LogP contribution in [0.4, 0.5) is 10.5 Å². The number of carbonyl (C=O) groups excluding carboxylic acids is 2. The second kappa shape index (κ2) is 6.78. The van der Waals surface area contributed by atoms with Crippen LogP contribution in [0.1, 0.15) is 17.5 Å². The number of urea groups is 1. The van der Waals surface area contributed by atoms with E-state index in [0.29, 0.717) is 6.54 Å². The number of anilines is 1. The number of hydrogen-bond acceptors (Lipinski definition) is 3. The summed E-state index contributed by atoms with van der Waals surface area (Å²) < 4.78 is 0. The number of aryl methyl sites for hydroxylation is 2. The molecule has 0 radical (unpaired) electrons. The minimum absolute atomic E-state index is 0.275. The molecular weight excluding hydrogens is 242 g/mol. The van der Waals surface area contributed by atoms with Crippen LogP contribution in [0.15, 0.2) is 18.2 Å². The second-order valence-electron chi connectivity index (χ2n) is 4.64. The van der Waals surface area contributed by atoms with Crippen molar-refractivity contribution in [3.8, 4) is 0 Å². The maximum Gasteiger partial charge on any atom is 0.321 e. The van der Waals surface area contributed by atoms with E-state index in [1.54, 1.807) is 0 Å². The third kappa shape index (κ3) is 4.99. The number of amides is 3. The molecule has 3 amide bonds. The van der Waals surface area contributed by atoms with Crippen LogP contribution in [0, 0.1) is 13.8 Å². The van der Waals surface area contributed by atoms with E-state index >= 15 is 0 Å². The summed E-state index contributed by atoms with van der Waals surface area (Å²) in [5, 5.41) is 4.59. The monoisotopic (exact) mass is 263 g/mol. The number of imide groups is 1. The number of nitrogens with one attached hydrogen (secondary N) is 2. The molecule has 0 aliphatic carbocycles. The van der Waals surface area contributed by atoms with Gasteiger partial charge in [-0.1, -0.05) is 6.07 Å². The maximum absolute atomic E-state index is 11.5. The number of nitrogens with zero attached hydrogens (tertiary/aromatic N) is 1. The first-order valence-corrected chi connectivity index (χ1v) is 6.23. The molecule has 0 aromatic heterocycles. The van der Waals surface area contributed by atoms with Crippen LogP contribution in [-0.2, 0) is 4.79 Å². The zero-order valence-electron chi connectivity index (χ0n) is 11.9. The van der Waals surface area contributed by atoms with Gasteiger partial charge in [0, 0.05) is 32.7 Å². The van der Waals surface area contributed by atoms with Crippen LogP contribution in [0.2, 0.25) is 0 Å². The molecule has 104 valence electrons. The zero-order valence-corrected chi connectivity index (χ0v) is 11.9. The molecule has 0 fully saturated rings. The van der Waals surface area contributed by atoms with Gasteiger partial charge in [0.15, 0.2) is 0 Å². The van der Waals surface area contributed by atoms with Crippen molar-refractivity contribution in [1.82, 2.24) is 10.6 Å². The lowest BCUT2D eigenvalue weighted by molar-refractivity contribution is -0.119.